The zero-order chi connectivity index (χ0) is 15.5. The van der Waals surface area contributed by atoms with E-state index in [4.69, 9.17) is 9.47 Å². The van der Waals surface area contributed by atoms with Crippen molar-refractivity contribution < 1.29 is 22.7 Å². The maximum atomic E-state index is 12.1. The van der Waals surface area contributed by atoms with Crippen LogP contribution in [0.4, 0.5) is 5.69 Å². The molecule has 1 aromatic carbocycles. The smallest absolute Gasteiger partial charge is 0.265 e. The van der Waals surface area contributed by atoms with Crippen molar-refractivity contribution in [2.75, 3.05) is 18.5 Å². The topological polar surface area (TPSA) is 93.7 Å². The third kappa shape index (κ3) is 3.53. The predicted octanol–water partition coefficient (Wildman–Crippen LogP) is 0.844. The summed E-state index contributed by atoms with van der Waals surface area (Å²) in [6.45, 7) is 5.28. The SMILES string of the molecule is C=COCCNS(=O)(=O)c1ccc2c(c1)NC(=O)C(C)O2. The van der Waals surface area contributed by atoms with Crippen molar-refractivity contribution in [3.8, 4) is 5.75 Å². The van der Waals surface area contributed by atoms with Gasteiger partial charge in [0.1, 0.15) is 12.4 Å². The number of carbonyl (C=O) groups is 1. The molecule has 0 aliphatic carbocycles. The molecule has 21 heavy (non-hydrogen) atoms. The van der Waals surface area contributed by atoms with Crippen LogP contribution in [-0.2, 0) is 19.6 Å². The lowest BCUT2D eigenvalue weighted by molar-refractivity contribution is -0.122. The number of benzene rings is 1. The van der Waals surface area contributed by atoms with Crippen LogP contribution >= 0.6 is 0 Å². The highest BCUT2D eigenvalue weighted by molar-refractivity contribution is 7.89. The first-order valence-electron chi connectivity index (χ1n) is 6.28. The summed E-state index contributed by atoms with van der Waals surface area (Å²) < 4.78 is 36.8. The summed E-state index contributed by atoms with van der Waals surface area (Å²) in [5, 5.41) is 2.60. The fourth-order valence-electron chi connectivity index (χ4n) is 1.76. The molecule has 2 rings (SSSR count). The molecule has 1 amide bonds. The van der Waals surface area contributed by atoms with Gasteiger partial charge in [-0.2, -0.15) is 0 Å². The molecular weight excluding hydrogens is 296 g/mol. The second-order valence-electron chi connectivity index (χ2n) is 4.34. The van der Waals surface area contributed by atoms with Crippen molar-refractivity contribution in [1.29, 1.82) is 0 Å². The minimum atomic E-state index is -3.68. The van der Waals surface area contributed by atoms with Gasteiger partial charge in [-0.25, -0.2) is 13.1 Å². The van der Waals surface area contributed by atoms with Crippen LogP contribution in [0.3, 0.4) is 0 Å². The summed E-state index contributed by atoms with van der Waals surface area (Å²) in [5.74, 6) is 0.125. The molecular formula is C13H16N2O5S. The monoisotopic (exact) mass is 312 g/mol. The fourth-order valence-corrected chi connectivity index (χ4v) is 2.80. The fraction of sp³-hybridized carbons (Fsp3) is 0.308. The van der Waals surface area contributed by atoms with Gasteiger partial charge in [-0.05, 0) is 25.1 Å². The standard InChI is InChI=1S/C13H16N2O5S/c1-3-19-7-6-14-21(17,18)10-4-5-12-11(8-10)15-13(16)9(2)20-12/h3-5,8-9,14H,1,6-7H2,2H3,(H,15,16). The van der Waals surface area contributed by atoms with Gasteiger partial charge < -0.3 is 14.8 Å². The molecule has 0 bridgehead atoms. The zero-order valence-electron chi connectivity index (χ0n) is 11.5. The average Bonchev–Trinajstić information content (AvgIpc) is 2.44. The Morgan fingerprint density at radius 2 is 2.29 bits per heavy atom. The maximum Gasteiger partial charge on any atom is 0.265 e. The largest absolute Gasteiger partial charge is 0.500 e. The first-order valence-corrected chi connectivity index (χ1v) is 7.76. The number of sulfonamides is 1. The minimum absolute atomic E-state index is 0.0401. The van der Waals surface area contributed by atoms with Crippen LogP contribution in [0.25, 0.3) is 0 Å². The van der Waals surface area contributed by atoms with Crippen LogP contribution in [0.1, 0.15) is 6.92 Å². The Bertz CT molecular complexity index is 657. The molecule has 0 saturated heterocycles. The molecule has 0 fully saturated rings. The summed E-state index contributed by atoms with van der Waals surface area (Å²) in [7, 11) is -3.68. The first-order chi connectivity index (χ1) is 9.94. The van der Waals surface area contributed by atoms with E-state index in [0.717, 1.165) is 0 Å². The molecule has 7 nitrogen and oxygen atoms in total. The van der Waals surface area contributed by atoms with Crippen LogP contribution in [0, 0.1) is 0 Å². The first kappa shape index (κ1) is 15.3. The highest BCUT2D eigenvalue weighted by Gasteiger charge is 2.25. The van der Waals surface area contributed by atoms with E-state index in [-0.39, 0.29) is 24.0 Å². The Morgan fingerprint density at radius 3 is 3.00 bits per heavy atom. The molecule has 0 aromatic heterocycles. The van der Waals surface area contributed by atoms with E-state index in [1.807, 2.05) is 0 Å². The van der Waals surface area contributed by atoms with Crippen LogP contribution in [-0.4, -0.2) is 33.6 Å². The minimum Gasteiger partial charge on any atom is -0.500 e. The summed E-state index contributed by atoms with van der Waals surface area (Å²) in [5.41, 5.74) is 0.336. The second kappa shape index (κ2) is 6.15. The van der Waals surface area contributed by atoms with Crippen molar-refractivity contribution in [3.05, 3.63) is 31.0 Å². The number of ether oxygens (including phenoxy) is 2. The Hall–Kier alpha value is -2.06. The Kier molecular flexibility index (Phi) is 4.49. The Balaban J connectivity index is 2.16. The van der Waals surface area contributed by atoms with Crippen LogP contribution < -0.4 is 14.8 Å². The lowest BCUT2D eigenvalue weighted by Crippen LogP contribution is -2.34. The van der Waals surface area contributed by atoms with Gasteiger partial charge in [0.2, 0.25) is 10.0 Å². The number of amides is 1. The van der Waals surface area contributed by atoms with Gasteiger partial charge in [0.15, 0.2) is 6.10 Å². The van der Waals surface area contributed by atoms with Gasteiger partial charge in [-0.15, -0.1) is 0 Å². The molecule has 8 heteroatoms. The van der Waals surface area contributed by atoms with Crippen LogP contribution in [0.2, 0.25) is 0 Å². The van der Waals surface area contributed by atoms with E-state index in [2.05, 4.69) is 16.6 Å². The third-order valence-electron chi connectivity index (χ3n) is 2.82. The number of hydrogen-bond acceptors (Lipinski definition) is 5. The summed E-state index contributed by atoms with van der Waals surface area (Å²) in [4.78, 5) is 11.6. The molecule has 1 aliphatic rings. The number of rotatable bonds is 6. The molecule has 2 N–H and O–H groups in total. The maximum absolute atomic E-state index is 12.1. The van der Waals surface area contributed by atoms with Crippen LogP contribution in [0.5, 0.6) is 5.75 Å². The predicted molar refractivity (Wildman–Crippen MR) is 76.5 cm³/mol. The summed E-state index contributed by atoms with van der Waals surface area (Å²) >= 11 is 0. The quantitative estimate of drug-likeness (QED) is 0.600. The Morgan fingerprint density at radius 1 is 1.52 bits per heavy atom. The van der Waals surface area contributed by atoms with Crippen molar-refractivity contribution in [2.24, 2.45) is 0 Å². The van der Waals surface area contributed by atoms with Gasteiger partial charge in [0.05, 0.1) is 16.8 Å². The van der Waals surface area contributed by atoms with Crippen molar-refractivity contribution in [1.82, 2.24) is 4.72 Å². The van der Waals surface area contributed by atoms with E-state index in [1.165, 1.54) is 24.5 Å². The second-order valence-corrected chi connectivity index (χ2v) is 6.11. The summed E-state index contributed by atoms with van der Waals surface area (Å²) in [6, 6.07) is 4.29. The molecule has 1 unspecified atom stereocenters. The Labute approximate surface area is 123 Å². The van der Waals surface area contributed by atoms with Gasteiger partial charge in [0.25, 0.3) is 5.91 Å². The lowest BCUT2D eigenvalue weighted by Gasteiger charge is -2.23. The number of hydrogen-bond donors (Lipinski definition) is 2. The molecule has 0 radical (unpaired) electrons. The number of nitrogens with one attached hydrogen (secondary N) is 2. The molecule has 1 aromatic rings. The van der Waals surface area contributed by atoms with E-state index in [9.17, 15) is 13.2 Å². The molecule has 114 valence electrons. The van der Waals surface area contributed by atoms with Crippen LogP contribution in [0.15, 0.2) is 35.9 Å². The molecule has 0 spiro atoms. The lowest BCUT2D eigenvalue weighted by atomic mass is 10.2. The number of carbonyl (C=O) groups excluding carboxylic acids is 1. The third-order valence-corrected chi connectivity index (χ3v) is 4.28. The summed E-state index contributed by atoms with van der Waals surface area (Å²) in [6.07, 6.45) is 0.635. The molecule has 1 heterocycles. The number of anilines is 1. The van der Waals surface area contributed by atoms with E-state index < -0.39 is 16.1 Å². The van der Waals surface area contributed by atoms with Gasteiger partial charge in [-0.1, -0.05) is 6.58 Å². The number of fused-ring (bicyclic) bond motifs is 1. The highest BCUT2D eigenvalue weighted by atomic mass is 32.2. The van der Waals surface area contributed by atoms with Gasteiger partial charge >= 0.3 is 0 Å². The molecule has 1 atom stereocenters. The molecule has 1 aliphatic heterocycles. The zero-order valence-corrected chi connectivity index (χ0v) is 12.3. The van der Waals surface area contributed by atoms with E-state index in [1.54, 1.807) is 6.92 Å². The van der Waals surface area contributed by atoms with E-state index >= 15 is 0 Å². The van der Waals surface area contributed by atoms with E-state index in [0.29, 0.717) is 11.4 Å². The molecule has 0 saturated carbocycles. The van der Waals surface area contributed by atoms with Gasteiger partial charge in [-0.3, -0.25) is 4.79 Å². The van der Waals surface area contributed by atoms with Crippen molar-refractivity contribution in [2.45, 2.75) is 17.9 Å². The van der Waals surface area contributed by atoms with Crippen molar-refractivity contribution in [3.63, 3.8) is 0 Å². The average molecular weight is 312 g/mol. The normalized spacial score (nSPS) is 17.4. The van der Waals surface area contributed by atoms with Crippen molar-refractivity contribution >= 4 is 21.6 Å². The van der Waals surface area contributed by atoms with Gasteiger partial charge in [0, 0.05) is 6.54 Å². The highest BCUT2D eigenvalue weighted by Crippen LogP contribution is 2.31.